The maximum Gasteiger partial charge on any atom is 0.0723 e. The standard InChI is InChI=1S/C15H21NO/c1-2-11-17-12-14-6-4-3-5-13(14)9-10-16-15-7-8-15/h2-6,15-16H,1,7-12H2. The normalized spacial score (nSPS) is 14.8. The number of benzene rings is 1. The van der Waals surface area contributed by atoms with Gasteiger partial charge in [-0.3, -0.25) is 0 Å². The summed E-state index contributed by atoms with van der Waals surface area (Å²) >= 11 is 0. The van der Waals surface area contributed by atoms with Crippen molar-refractivity contribution in [2.75, 3.05) is 13.2 Å². The van der Waals surface area contributed by atoms with Gasteiger partial charge in [0.05, 0.1) is 13.2 Å². The zero-order valence-corrected chi connectivity index (χ0v) is 10.3. The van der Waals surface area contributed by atoms with Crippen molar-refractivity contribution in [1.82, 2.24) is 5.32 Å². The molecular formula is C15H21NO. The van der Waals surface area contributed by atoms with Gasteiger partial charge in [0.1, 0.15) is 0 Å². The fraction of sp³-hybridized carbons (Fsp3) is 0.467. The van der Waals surface area contributed by atoms with E-state index in [0.717, 1.165) is 19.0 Å². The molecular weight excluding hydrogens is 210 g/mol. The Hall–Kier alpha value is -1.12. The first kappa shape index (κ1) is 12.3. The predicted molar refractivity (Wildman–Crippen MR) is 71.0 cm³/mol. The van der Waals surface area contributed by atoms with Gasteiger partial charge < -0.3 is 10.1 Å². The molecule has 0 heterocycles. The lowest BCUT2D eigenvalue weighted by Gasteiger charge is -2.10. The van der Waals surface area contributed by atoms with Crippen LogP contribution in [0.2, 0.25) is 0 Å². The average Bonchev–Trinajstić information content (AvgIpc) is 3.15. The van der Waals surface area contributed by atoms with Crippen LogP contribution in [0, 0.1) is 0 Å². The summed E-state index contributed by atoms with van der Waals surface area (Å²) in [7, 11) is 0. The van der Waals surface area contributed by atoms with Gasteiger partial charge >= 0.3 is 0 Å². The van der Waals surface area contributed by atoms with E-state index in [-0.39, 0.29) is 0 Å². The fourth-order valence-corrected chi connectivity index (χ4v) is 1.89. The minimum Gasteiger partial charge on any atom is -0.373 e. The highest BCUT2D eigenvalue weighted by Gasteiger charge is 2.19. The summed E-state index contributed by atoms with van der Waals surface area (Å²) in [4.78, 5) is 0. The molecule has 0 aliphatic heterocycles. The monoisotopic (exact) mass is 231 g/mol. The molecule has 1 aromatic rings. The lowest BCUT2D eigenvalue weighted by atomic mass is 10.1. The molecule has 0 spiro atoms. The highest BCUT2D eigenvalue weighted by Crippen LogP contribution is 2.18. The van der Waals surface area contributed by atoms with Crippen LogP contribution in [-0.2, 0) is 17.8 Å². The topological polar surface area (TPSA) is 21.3 Å². The van der Waals surface area contributed by atoms with Crippen molar-refractivity contribution in [3.63, 3.8) is 0 Å². The Kier molecular flexibility index (Phi) is 4.77. The molecule has 0 unspecified atom stereocenters. The third-order valence-electron chi connectivity index (χ3n) is 3.02. The van der Waals surface area contributed by atoms with Crippen LogP contribution >= 0.6 is 0 Å². The van der Waals surface area contributed by atoms with Gasteiger partial charge in [-0.15, -0.1) is 6.58 Å². The Labute approximate surface area is 104 Å². The van der Waals surface area contributed by atoms with Gasteiger partial charge in [0, 0.05) is 6.04 Å². The molecule has 1 saturated carbocycles. The third kappa shape index (κ3) is 4.33. The van der Waals surface area contributed by atoms with Crippen molar-refractivity contribution < 1.29 is 4.74 Å². The molecule has 0 atom stereocenters. The van der Waals surface area contributed by atoms with E-state index < -0.39 is 0 Å². The molecule has 2 rings (SSSR count). The maximum absolute atomic E-state index is 5.51. The van der Waals surface area contributed by atoms with E-state index in [9.17, 15) is 0 Å². The summed E-state index contributed by atoms with van der Waals surface area (Å²) in [6.45, 7) is 6.03. The van der Waals surface area contributed by atoms with Crippen LogP contribution in [0.3, 0.4) is 0 Å². The Morgan fingerprint density at radius 1 is 1.29 bits per heavy atom. The van der Waals surface area contributed by atoms with Crippen LogP contribution in [0.4, 0.5) is 0 Å². The largest absolute Gasteiger partial charge is 0.373 e. The summed E-state index contributed by atoms with van der Waals surface area (Å²) in [6, 6.07) is 9.31. The molecule has 0 bridgehead atoms. The third-order valence-corrected chi connectivity index (χ3v) is 3.02. The SMILES string of the molecule is C=CCOCc1ccccc1CCNC1CC1. The van der Waals surface area contributed by atoms with E-state index in [1.807, 2.05) is 0 Å². The van der Waals surface area contributed by atoms with Crippen molar-refractivity contribution in [3.8, 4) is 0 Å². The molecule has 0 amide bonds. The lowest BCUT2D eigenvalue weighted by Crippen LogP contribution is -2.19. The van der Waals surface area contributed by atoms with Gasteiger partial charge in [-0.05, 0) is 36.9 Å². The van der Waals surface area contributed by atoms with Crippen molar-refractivity contribution in [2.24, 2.45) is 0 Å². The molecule has 1 aliphatic carbocycles. The second-order valence-corrected chi connectivity index (χ2v) is 4.55. The smallest absolute Gasteiger partial charge is 0.0723 e. The van der Waals surface area contributed by atoms with Gasteiger partial charge in [0.25, 0.3) is 0 Å². The molecule has 1 fully saturated rings. The number of rotatable bonds is 8. The number of nitrogens with one attached hydrogen (secondary N) is 1. The number of hydrogen-bond acceptors (Lipinski definition) is 2. The second-order valence-electron chi connectivity index (χ2n) is 4.55. The van der Waals surface area contributed by atoms with E-state index >= 15 is 0 Å². The Balaban J connectivity index is 1.82. The van der Waals surface area contributed by atoms with Gasteiger partial charge in [-0.25, -0.2) is 0 Å². The highest BCUT2D eigenvalue weighted by molar-refractivity contribution is 5.26. The van der Waals surface area contributed by atoms with Crippen LogP contribution in [0.15, 0.2) is 36.9 Å². The van der Waals surface area contributed by atoms with Crippen LogP contribution in [0.1, 0.15) is 24.0 Å². The van der Waals surface area contributed by atoms with Gasteiger partial charge in [-0.2, -0.15) is 0 Å². The summed E-state index contributed by atoms with van der Waals surface area (Å²) in [5.41, 5.74) is 2.69. The van der Waals surface area contributed by atoms with E-state index in [4.69, 9.17) is 4.74 Å². The highest BCUT2D eigenvalue weighted by atomic mass is 16.5. The van der Waals surface area contributed by atoms with Crippen molar-refractivity contribution >= 4 is 0 Å². The zero-order chi connectivity index (χ0) is 11.9. The molecule has 1 N–H and O–H groups in total. The minimum absolute atomic E-state index is 0.620. The van der Waals surface area contributed by atoms with Crippen LogP contribution < -0.4 is 5.32 Å². The van der Waals surface area contributed by atoms with Gasteiger partial charge in [-0.1, -0.05) is 30.3 Å². The first-order valence-electron chi connectivity index (χ1n) is 6.39. The van der Waals surface area contributed by atoms with Crippen LogP contribution in [0.25, 0.3) is 0 Å². The molecule has 1 aromatic carbocycles. The van der Waals surface area contributed by atoms with Crippen LogP contribution in [-0.4, -0.2) is 19.2 Å². The second kappa shape index (κ2) is 6.58. The average molecular weight is 231 g/mol. The Morgan fingerprint density at radius 3 is 2.76 bits per heavy atom. The summed E-state index contributed by atoms with van der Waals surface area (Å²) in [5, 5.41) is 3.54. The van der Waals surface area contributed by atoms with E-state index in [2.05, 4.69) is 36.2 Å². The molecule has 2 heteroatoms. The first-order chi connectivity index (χ1) is 8.40. The van der Waals surface area contributed by atoms with Crippen molar-refractivity contribution in [1.29, 1.82) is 0 Å². The van der Waals surface area contributed by atoms with Crippen molar-refractivity contribution in [2.45, 2.75) is 31.9 Å². The maximum atomic E-state index is 5.51. The number of hydrogen-bond donors (Lipinski definition) is 1. The van der Waals surface area contributed by atoms with E-state index in [0.29, 0.717) is 13.2 Å². The minimum atomic E-state index is 0.620. The van der Waals surface area contributed by atoms with E-state index in [1.165, 1.54) is 24.0 Å². The molecule has 92 valence electrons. The molecule has 0 saturated heterocycles. The zero-order valence-electron chi connectivity index (χ0n) is 10.3. The fourth-order valence-electron chi connectivity index (χ4n) is 1.89. The van der Waals surface area contributed by atoms with Gasteiger partial charge in [0.15, 0.2) is 0 Å². The Bertz CT molecular complexity index is 358. The lowest BCUT2D eigenvalue weighted by molar-refractivity contribution is 0.148. The Morgan fingerprint density at radius 2 is 2.06 bits per heavy atom. The molecule has 1 aliphatic rings. The quantitative estimate of drug-likeness (QED) is 0.548. The summed E-state index contributed by atoms with van der Waals surface area (Å²) in [6.07, 6.45) is 5.58. The van der Waals surface area contributed by atoms with Crippen molar-refractivity contribution in [3.05, 3.63) is 48.0 Å². The predicted octanol–water partition coefficient (Wildman–Crippen LogP) is 2.68. The summed E-state index contributed by atoms with van der Waals surface area (Å²) < 4.78 is 5.51. The molecule has 2 nitrogen and oxygen atoms in total. The molecule has 0 aromatic heterocycles. The first-order valence-corrected chi connectivity index (χ1v) is 6.39. The molecule has 0 radical (unpaired) electrons. The summed E-state index contributed by atoms with van der Waals surface area (Å²) in [5.74, 6) is 0. The van der Waals surface area contributed by atoms with E-state index in [1.54, 1.807) is 6.08 Å². The van der Waals surface area contributed by atoms with Gasteiger partial charge in [0.2, 0.25) is 0 Å². The van der Waals surface area contributed by atoms with Crippen LogP contribution in [0.5, 0.6) is 0 Å². The molecule has 17 heavy (non-hydrogen) atoms. The number of ether oxygens (including phenoxy) is 1.